The fourth-order valence-electron chi connectivity index (χ4n) is 5.08. The van der Waals surface area contributed by atoms with Crippen molar-refractivity contribution in [3.8, 4) is 11.5 Å². The second-order valence-corrected chi connectivity index (χ2v) is 9.51. The van der Waals surface area contributed by atoms with Gasteiger partial charge >= 0.3 is 5.97 Å². The van der Waals surface area contributed by atoms with Crippen molar-refractivity contribution in [1.82, 2.24) is 10.1 Å². The molecule has 1 fully saturated rings. The highest BCUT2D eigenvalue weighted by molar-refractivity contribution is 7.17. The molecule has 32 heavy (non-hydrogen) atoms. The minimum Gasteiger partial charge on any atom is -0.478 e. The third-order valence-corrected chi connectivity index (χ3v) is 7.69. The molecule has 0 aromatic carbocycles. The van der Waals surface area contributed by atoms with Gasteiger partial charge < -0.3 is 24.4 Å². The number of aliphatic carboxylic acids is 1. The molecule has 0 unspecified atom stereocenters. The van der Waals surface area contributed by atoms with Gasteiger partial charge in [-0.3, -0.25) is 4.79 Å². The molecule has 2 bridgehead atoms. The summed E-state index contributed by atoms with van der Waals surface area (Å²) in [5, 5.41) is 17.4. The van der Waals surface area contributed by atoms with Crippen molar-refractivity contribution in [2.45, 2.75) is 45.1 Å². The van der Waals surface area contributed by atoms with E-state index in [4.69, 9.17) is 14.0 Å². The number of carbonyl (C=O) groups excluding carboxylic acids is 1. The van der Waals surface area contributed by atoms with Crippen molar-refractivity contribution in [2.75, 3.05) is 25.6 Å². The lowest BCUT2D eigenvalue weighted by atomic mass is 9.66. The van der Waals surface area contributed by atoms with Gasteiger partial charge in [-0.1, -0.05) is 5.16 Å². The standard InChI is InChI=1S/C22H25N3O6S/c1-29-8-7-15-23-20(31-25-15)18-13-6-9-30-10-14(13)32-21(18)24-19(26)16-11-2-4-12(5-3-11)17(16)22(27)28/h11-12H,2-10H2,1H3,(H,24,26)(H,27,28). The van der Waals surface area contributed by atoms with Crippen LogP contribution in [0.2, 0.25) is 0 Å². The molecule has 2 N–H and O–H groups in total. The number of ether oxygens (including phenoxy) is 2. The SMILES string of the molecule is COCCc1noc(-c2c(NC(=O)C3=C(C(=O)O)C4CCC3CC4)sc3c2CCOC3)n1. The molecule has 2 aromatic heterocycles. The maximum Gasteiger partial charge on any atom is 0.332 e. The summed E-state index contributed by atoms with van der Waals surface area (Å²) in [5.41, 5.74) is 2.48. The van der Waals surface area contributed by atoms with E-state index in [0.29, 0.717) is 55.0 Å². The van der Waals surface area contributed by atoms with Crippen molar-refractivity contribution in [1.29, 1.82) is 0 Å². The molecule has 1 amide bonds. The Bertz CT molecular complexity index is 1080. The van der Waals surface area contributed by atoms with Gasteiger partial charge in [0.05, 0.1) is 25.4 Å². The van der Waals surface area contributed by atoms with Crippen LogP contribution in [0.4, 0.5) is 5.00 Å². The average Bonchev–Trinajstić information content (AvgIpc) is 3.41. The smallest absolute Gasteiger partial charge is 0.332 e. The van der Waals surface area contributed by atoms with Crippen LogP contribution in [-0.2, 0) is 38.5 Å². The van der Waals surface area contributed by atoms with E-state index in [0.717, 1.165) is 41.7 Å². The second-order valence-electron chi connectivity index (χ2n) is 8.40. The number of aromatic nitrogens is 2. The predicted octanol–water partition coefficient (Wildman–Crippen LogP) is 3.20. The number of nitrogens with zero attached hydrogens (tertiary/aromatic N) is 2. The maximum atomic E-state index is 13.4. The normalized spacial score (nSPS) is 22.2. The number of anilines is 1. The summed E-state index contributed by atoms with van der Waals surface area (Å²) in [7, 11) is 1.61. The van der Waals surface area contributed by atoms with E-state index in [1.807, 2.05) is 0 Å². The van der Waals surface area contributed by atoms with Crippen LogP contribution in [0.5, 0.6) is 0 Å². The molecule has 2 aromatic rings. The van der Waals surface area contributed by atoms with Crippen molar-refractivity contribution >= 4 is 28.2 Å². The van der Waals surface area contributed by atoms with Gasteiger partial charge in [-0.2, -0.15) is 4.98 Å². The van der Waals surface area contributed by atoms with Gasteiger partial charge in [0.1, 0.15) is 5.00 Å². The molecule has 3 heterocycles. The monoisotopic (exact) mass is 459 g/mol. The lowest BCUT2D eigenvalue weighted by Gasteiger charge is -2.37. The molecule has 170 valence electrons. The lowest BCUT2D eigenvalue weighted by Crippen LogP contribution is -2.35. The zero-order chi connectivity index (χ0) is 22.2. The molecule has 0 radical (unpaired) electrons. The van der Waals surface area contributed by atoms with Gasteiger partial charge in [-0.15, -0.1) is 11.3 Å². The third kappa shape index (κ3) is 3.76. The number of thiophene rings is 1. The molecule has 9 nitrogen and oxygen atoms in total. The topological polar surface area (TPSA) is 124 Å². The van der Waals surface area contributed by atoms with E-state index >= 15 is 0 Å². The van der Waals surface area contributed by atoms with Gasteiger partial charge in [-0.05, 0) is 49.5 Å². The molecule has 0 spiro atoms. The summed E-state index contributed by atoms with van der Waals surface area (Å²) < 4.78 is 16.2. The first-order valence-corrected chi connectivity index (χ1v) is 11.7. The molecule has 3 aliphatic carbocycles. The van der Waals surface area contributed by atoms with Gasteiger partial charge in [0.2, 0.25) is 0 Å². The molecule has 0 saturated heterocycles. The Morgan fingerprint density at radius 2 is 1.97 bits per heavy atom. The highest BCUT2D eigenvalue weighted by atomic mass is 32.1. The number of fused-ring (bicyclic) bond motifs is 3. The van der Waals surface area contributed by atoms with E-state index in [1.54, 1.807) is 7.11 Å². The Morgan fingerprint density at radius 3 is 2.69 bits per heavy atom. The Morgan fingerprint density at radius 1 is 1.22 bits per heavy atom. The van der Waals surface area contributed by atoms with Crippen LogP contribution in [0.25, 0.3) is 11.5 Å². The van der Waals surface area contributed by atoms with Crippen LogP contribution in [-0.4, -0.2) is 47.4 Å². The quantitative estimate of drug-likeness (QED) is 0.647. The van der Waals surface area contributed by atoms with Gasteiger partial charge in [0.15, 0.2) is 5.82 Å². The molecule has 4 aliphatic rings. The third-order valence-electron chi connectivity index (χ3n) is 6.57. The number of carboxylic acids is 1. The van der Waals surface area contributed by atoms with E-state index in [1.165, 1.54) is 11.3 Å². The lowest BCUT2D eigenvalue weighted by molar-refractivity contribution is -0.134. The van der Waals surface area contributed by atoms with Crippen molar-refractivity contribution in [3.63, 3.8) is 0 Å². The van der Waals surface area contributed by atoms with Gasteiger partial charge in [0, 0.05) is 29.6 Å². The van der Waals surface area contributed by atoms with E-state index in [-0.39, 0.29) is 23.3 Å². The number of hydrogen-bond acceptors (Lipinski definition) is 8. The molecule has 0 atom stereocenters. The molecule has 1 aliphatic heterocycles. The zero-order valence-electron chi connectivity index (χ0n) is 17.8. The Hall–Kier alpha value is -2.56. The predicted molar refractivity (Wildman–Crippen MR) is 115 cm³/mol. The van der Waals surface area contributed by atoms with Crippen LogP contribution in [0.1, 0.15) is 41.9 Å². The highest BCUT2D eigenvalue weighted by Gasteiger charge is 2.41. The number of hydrogen-bond donors (Lipinski definition) is 2. The summed E-state index contributed by atoms with van der Waals surface area (Å²) >= 11 is 1.43. The zero-order valence-corrected chi connectivity index (χ0v) is 18.6. The minimum atomic E-state index is -0.983. The molecule has 10 heteroatoms. The van der Waals surface area contributed by atoms with Crippen LogP contribution < -0.4 is 5.32 Å². The second kappa shape index (κ2) is 8.76. The molecular formula is C22H25N3O6S. The molecule has 1 saturated carbocycles. The largest absolute Gasteiger partial charge is 0.478 e. The fourth-order valence-corrected chi connectivity index (χ4v) is 6.25. The van der Waals surface area contributed by atoms with E-state index < -0.39 is 5.97 Å². The highest BCUT2D eigenvalue weighted by Crippen LogP contribution is 2.47. The van der Waals surface area contributed by atoms with Crippen molar-refractivity contribution in [3.05, 3.63) is 27.4 Å². The van der Waals surface area contributed by atoms with Crippen LogP contribution in [0.15, 0.2) is 15.7 Å². The molecule has 6 rings (SSSR count). The number of amides is 1. The first kappa shape index (κ1) is 21.3. The van der Waals surface area contributed by atoms with Crippen LogP contribution in [0.3, 0.4) is 0 Å². The average molecular weight is 460 g/mol. The summed E-state index contributed by atoms with van der Waals surface area (Å²) in [6, 6.07) is 0. The Labute approximate surface area is 188 Å². The van der Waals surface area contributed by atoms with Gasteiger partial charge in [-0.25, -0.2) is 4.79 Å². The van der Waals surface area contributed by atoms with Crippen LogP contribution >= 0.6 is 11.3 Å². The number of methoxy groups -OCH3 is 1. The number of rotatable bonds is 7. The van der Waals surface area contributed by atoms with Gasteiger partial charge in [0.25, 0.3) is 11.8 Å². The Balaban J connectivity index is 1.51. The first-order valence-electron chi connectivity index (χ1n) is 10.9. The van der Waals surface area contributed by atoms with Crippen LogP contribution in [0, 0.1) is 11.8 Å². The minimum absolute atomic E-state index is 0.00322. The van der Waals surface area contributed by atoms with E-state index in [2.05, 4.69) is 15.5 Å². The fraction of sp³-hybridized carbons (Fsp3) is 0.545. The molecular weight excluding hydrogens is 434 g/mol. The van der Waals surface area contributed by atoms with Crippen molar-refractivity contribution < 1.29 is 28.7 Å². The summed E-state index contributed by atoms with van der Waals surface area (Å²) in [5.74, 6) is -0.478. The van der Waals surface area contributed by atoms with E-state index in [9.17, 15) is 14.7 Å². The first-order chi connectivity index (χ1) is 15.6. The summed E-state index contributed by atoms with van der Waals surface area (Å²) in [6.45, 7) is 1.51. The Kier molecular flexibility index (Phi) is 5.83. The maximum absolute atomic E-state index is 13.4. The number of carboxylic acid groups (broad SMARTS) is 1. The van der Waals surface area contributed by atoms with Crippen molar-refractivity contribution in [2.24, 2.45) is 11.8 Å². The number of carbonyl (C=O) groups is 2. The summed E-state index contributed by atoms with van der Waals surface area (Å²) in [4.78, 5) is 30.8. The number of nitrogens with one attached hydrogen (secondary N) is 1. The summed E-state index contributed by atoms with van der Waals surface area (Å²) in [6.07, 6.45) is 4.60.